The molecule has 1 N–H and O–H groups in total. The van der Waals surface area contributed by atoms with Crippen molar-refractivity contribution in [1.82, 2.24) is 0 Å². The minimum atomic E-state index is -0.462. The van der Waals surface area contributed by atoms with Crippen LogP contribution in [0.25, 0.3) is 0 Å². The molecule has 0 aliphatic rings. The molecule has 0 aliphatic heterocycles. The number of hydrogen-bond donors (Lipinski definition) is 1. The van der Waals surface area contributed by atoms with Gasteiger partial charge in [-0.2, -0.15) is 0 Å². The molecule has 1 aromatic rings. The van der Waals surface area contributed by atoms with E-state index in [1.165, 1.54) is 0 Å². The van der Waals surface area contributed by atoms with E-state index >= 15 is 0 Å². The summed E-state index contributed by atoms with van der Waals surface area (Å²) < 4.78 is 0. The van der Waals surface area contributed by atoms with Crippen molar-refractivity contribution in [2.24, 2.45) is 0 Å². The summed E-state index contributed by atoms with van der Waals surface area (Å²) in [5.74, 6) is 0. The van der Waals surface area contributed by atoms with Gasteiger partial charge in [-0.1, -0.05) is 36.4 Å². The van der Waals surface area contributed by atoms with Gasteiger partial charge in [0, 0.05) is 0 Å². The molecule has 0 radical (unpaired) electrons. The maximum Gasteiger partial charge on any atom is 0.0974 e. The van der Waals surface area contributed by atoms with Crippen LogP contribution in [0.1, 0.15) is 24.2 Å². The summed E-state index contributed by atoms with van der Waals surface area (Å²) in [7, 11) is 0. The quantitative estimate of drug-likeness (QED) is 0.663. The Balaban J connectivity index is 2.94. The lowest BCUT2D eigenvalue weighted by Gasteiger charge is -2.08. The maximum absolute atomic E-state index is 9.61. The monoisotopic (exact) mass is 162 g/mol. The van der Waals surface area contributed by atoms with Gasteiger partial charge < -0.3 is 5.11 Å². The Morgan fingerprint density at radius 3 is 2.58 bits per heavy atom. The van der Waals surface area contributed by atoms with Gasteiger partial charge in [-0.3, -0.25) is 0 Å². The third kappa shape index (κ3) is 1.95. The highest BCUT2D eigenvalue weighted by atomic mass is 16.3. The van der Waals surface area contributed by atoms with Crippen molar-refractivity contribution in [3.05, 3.63) is 47.5 Å². The second-order valence-electron chi connectivity index (χ2n) is 2.83. The minimum absolute atomic E-state index is 0.462. The Bertz CT molecular complexity index is 276. The number of aliphatic hydroxyl groups excluding tert-OH is 1. The Morgan fingerprint density at radius 2 is 2.00 bits per heavy atom. The van der Waals surface area contributed by atoms with Crippen molar-refractivity contribution in [2.75, 3.05) is 0 Å². The Kier molecular flexibility index (Phi) is 3.06. The number of allylic oxidation sites excluding steroid dienone is 1. The number of aliphatic hydroxyl groups is 1. The molecule has 1 nitrogen and oxygen atoms in total. The van der Waals surface area contributed by atoms with Crippen molar-refractivity contribution in [1.29, 1.82) is 0 Å². The molecule has 0 aliphatic carbocycles. The molecule has 0 spiro atoms. The van der Waals surface area contributed by atoms with E-state index < -0.39 is 6.10 Å². The summed E-state index contributed by atoms with van der Waals surface area (Å²) in [4.78, 5) is 0. The normalized spacial score (nSPS) is 13.6. The van der Waals surface area contributed by atoms with E-state index in [0.29, 0.717) is 0 Å². The molecular weight excluding hydrogens is 148 g/mol. The maximum atomic E-state index is 9.61. The van der Waals surface area contributed by atoms with E-state index in [2.05, 4.69) is 0 Å². The molecule has 0 bridgehead atoms. The highest BCUT2D eigenvalue weighted by Crippen LogP contribution is 2.17. The zero-order valence-corrected chi connectivity index (χ0v) is 7.49. The van der Waals surface area contributed by atoms with E-state index in [4.69, 9.17) is 0 Å². The Labute approximate surface area is 73.4 Å². The molecule has 1 atom stereocenters. The molecule has 1 unspecified atom stereocenters. The molecule has 1 aromatic carbocycles. The number of hydrogen-bond acceptors (Lipinski definition) is 1. The van der Waals surface area contributed by atoms with Crippen LogP contribution in [0.5, 0.6) is 0 Å². The third-order valence-corrected chi connectivity index (χ3v) is 1.88. The van der Waals surface area contributed by atoms with Gasteiger partial charge in [0.25, 0.3) is 0 Å². The van der Waals surface area contributed by atoms with E-state index in [1.807, 2.05) is 44.2 Å². The highest BCUT2D eigenvalue weighted by molar-refractivity contribution is 5.29. The average molecular weight is 162 g/mol. The zero-order chi connectivity index (χ0) is 8.97. The second-order valence-corrected chi connectivity index (χ2v) is 2.83. The molecule has 0 saturated heterocycles. The smallest absolute Gasteiger partial charge is 0.0974 e. The predicted octanol–water partition coefficient (Wildman–Crippen LogP) is 2.60. The predicted molar refractivity (Wildman–Crippen MR) is 51.0 cm³/mol. The fraction of sp³-hybridized carbons (Fsp3) is 0.273. The van der Waals surface area contributed by atoms with Crippen LogP contribution < -0.4 is 0 Å². The van der Waals surface area contributed by atoms with E-state index in [1.54, 1.807) is 6.08 Å². The molecule has 0 amide bonds. The van der Waals surface area contributed by atoms with E-state index in [-0.39, 0.29) is 0 Å². The van der Waals surface area contributed by atoms with Crippen molar-refractivity contribution in [2.45, 2.75) is 20.0 Å². The highest BCUT2D eigenvalue weighted by Gasteiger charge is 2.04. The van der Waals surface area contributed by atoms with Gasteiger partial charge in [-0.05, 0) is 25.0 Å². The summed E-state index contributed by atoms with van der Waals surface area (Å²) in [5, 5.41) is 9.61. The Morgan fingerprint density at radius 1 is 1.33 bits per heavy atom. The van der Waals surface area contributed by atoms with Gasteiger partial charge >= 0.3 is 0 Å². The van der Waals surface area contributed by atoms with Crippen LogP contribution in [0, 0.1) is 6.92 Å². The standard InChI is InChI=1S/C11H14O/c1-3-6-11(12)10-8-5-4-7-9(10)2/h3-8,11-12H,1-2H3/b6-3+. The van der Waals surface area contributed by atoms with Crippen molar-refractivity contribution < 1.29 is 5.11 Å². The number of aryl methyl sites for hydroxylation is 1. The van der Waals surface area contributed by atoms with Crippen LogP contribution in [0.3, 0.4) is 0 Å². The lowest BCUT2D eigenvalue weighted by molar-refractivity contribution is 0.228. The summed E-state index contributed by atoms with van der Waals surface area (Å²) in [6.07, 6.45) is 3.18. The fourth-order valence-electron chi connectivity index (χ4n) is 1.20. The second kappa shape index (κ2) is 4.07. The first kappa shape index (κ1) is 9.01. The number of benzene rings is 1. The summed E-state index contributed by atoms with van der Waals surface area (Å²) in [5.41, 5.74) is 2.11. The van der Waals surface area contributed by atoms with E-state index in [9.17, 15) is 5.11 Å². The van der Waals surface area contributed by atoms with Crippen LogP contribution in [-0.2, 0) is 0 Å². The number of rotatable bonds is 2. The zero-order valence-electron chi connectivity index (χ0n) is 7.49. The van der Waals surface area contributed by atoms with Crippen LogP contribution in [0.4, 0.5) is 0 Å². The first-order valence-corrected chi connectivity index (χ1v) is 4.12. The largest absolute Gasteiger partial charge is 0.384 e. The molecule has 1 rings (SSSR count). The van der Waals surface area contributed by atoms with Crippen molar-refractivity contribution in [3.63, 3.8) is 0 Å². The van der Waals surface area contributed by atoms with Crippen molar-refractivity contribution >= 4 is 0 Å². The van der Waals surface area contributed by atoms with Gasteiger partial charge in [0.05, 0.1) is 6.10 Å². The first-order chi connectivity index (χ1) is 5.75. The molecule has 64 valence electrons. The minimum Gasteiger partial charge on any atom is -0.384 e. The lowest BCUT2D eigenvalue weighted by atomic mass is 10.0. The summed E-state index contributed by atoms with van der Waals surface area (Å²) in [6, 6.07) is 7.86. The molecule has 0 fully saturated rings. The van der Waals surface area contributed by atoms with Gasteiger partial charge in [-0.25, -0.2) is 0 Å². The molecular formula is C11H14O. The average Bonchev–Trinajstić information content (AvgIpc) is 2.05. The molecule has 12 heavy (non-hydrogen) atoms. The van der Waals surface area contributed by atoms with Gasteiger partial charge in [0.15, 0.2) is 0 Å². The van der Waals surface area contributed by atoms with Crippen LogP contribution in [0.2, 0.25) is 0 Å². The SMILES string of the molecule is C/C=C/C(O)c1ccccc1C. The molecule has 1 heteroatoms. The third-order valence-electron chi connectivity index (χ3n) is 1.88. The van der Waals surface area contributed by atoms with Crippen LogP contribution in [-0.4, -0.2) is 5.11 Å². The van der Waals surface area contributed by atoms with Gasteiger partial charge in [0.2, 0.25) is 0 Å². The van der Waals surface area contributed by atoms with Gasteiger partial charge in [0.1, 0.15) is 0 Å². The fourth-order valence-corrected chi connectivity index (χ4v) is 1.20. The van der Waals surface area contributed by atoms with Crippen molar-refractivity contribution in [3.8, 4) is 0 Å². The Hall–Kier alpha value is -1.08. The molecule has 0 heterocycles. The summed E-state index contributed by atoms with van der Waals surface area (Å²) >= 11 is 0. The first-order valence-electron chi connectivity index (χ1n) is 4.12. The van der Waals surface area contributed by atoms with Crippen LogP contribution >= 0.6 is 0 Å². The summed E-state index contributed by atoms with van der Waals surface area (Å²) in [6.45, 7) is 3.91. The van der Waals surface area contributed by atoms with Crippen LogP contribution in [0.15, 0.2) is 36.4 Å². The molecule has 0 aromatic heterocycles. The van der Waals surface area contributed by atoms with E-state index in [0.717, 1.165) is 11.1 Å². The molecule has 0 saturated carbocycles. The topological polar surface area (TPSA) is 20.2 Å². The van der Waals surface area contributed by atoms with Gasteiger partial charge in [-0.15, -0.1) is 0 Å². The lowest BCUT2D eigenvalue weighted by Crippen LogP contribution is -1.95.